The smallest absolute Gasteiger partial charge is 0.243 e. The minimum absolute atomic E-state index is 0.451. The van der Waals surface area contributed by atoms with Crippen molar-refractivity contribution in [1.29, 1.82) is 0 Å². The average Bonchev–Trinajstić information content (AvgIpc) is 2.86. The van der Waals surface area contributed by atoms with E-state index in [4.69, 9.17) is 11.6 Å². The number of aryl methyl sites for hydroxylation is 3. The van der Waals surface area contributed by atoms with E-state index in [0.717, 1.165) is 22.5 Å². The Labute approximate surface area is 160 Å². The monoisotopic (exact) mass is 396 g/mol. The van der Waals surface area contributed by atoms with Gasteiger partial charge in [0.2, 0.25) is 10.0 Å². The van der Waals surface area contributed by atoms with Crippen LogP contribution in [0.25, 0.3) is 0 Å². The van der Waals surface area contributed by atoms with E-state index in [-0.39, 0.29) is 0 Å². The second-order valence-corrected chi connectivity index (χ2v) is 9.23. The van der Waals surface area contributed by atoms with E-state index in [0.29, 0.717) is 42.8 Å². The Kier molecular flexibility index (Phi) is 5.44. The molecule has 2 aromatic rings. The van der Waals surface area contributed by atoms with Gasteiger partial charge in [-0.1, -0.05) is 29.3 Å². The Morgan fingerprint density at radius 1 is 1.08 bits per heavy atom. The van der Waals surface area contributed by atoms with E-state index >= 15 is 0 Å². The molecule has 3 rings (SSSR count). The molecule has 1 fully saturated rings. The van der Waals surface area contributed by atoms with Crippen molar-refractivity contribution in [2.75, 3.05) is 26.2 Å². The lowest BCUT2D eigenvalue weighted by atomic mass is 10.1. The zero-order valence-electron chi connectivity index (χ0n) is 15.7. The predicted octanol–water partition coefficient (Wildman–Crippen LogP) is 2.51. The van der Waals surface area contributed by atoms with Gasteiger partial charge in [0.05, 0.1) is 17.6 Å². The lowest BCUT2D eigenvalue weighted by Gasteiger charge is -2.34. The van der Waals surface area contributed by atoms with Crippen molar-refractivity contribution in [3.05, 3.63) is 46.0 Å². The van der Waals surface area contributed by atoms with E-state index < -0.39 is 10.0 Å². The standard InChI is InChI=1S/C18H25ClN4O2S/c1-13-9-14(2)18(15(3)10-13)26(24,25)23-7-5-22(6-8-23)12-17-20-11-16(19)21(17)4/h9-11H,5-8,12H2,1-4H3. The first-order valence-corrected chi connectivity index (χ1v) is 10.5. The fourth-order valence-electron chi connectivity index (χ4n) is 3.60. The van der Waals surface area contributed by atoms with Gasteiger partial charge in [0.15, 0.2) is 0 Å². The molecule has 1 saturated heterocycles. The minimum atomic E-state index is -3.48. The van der Waals surface area contributed by atoms with Crippen LogP contribution < -0.4 is 0 Å². The molecule has 1 aliphatic heterocycles. The molecule has 0 amide bonds. The summed E-state index contributed by atoms with van der Waals surface area (Å²) in [7, 11) is -1.59. The van der Waals surface area contributed by atoms with Gasteiger partial charge in [-0.3, -0.25) is 4.90 Å². The van der Waals surface area contributed by atoms with E-state index in [2.05, 4.69) is 9.88 Å². The number of sulfonamides is 1. The van der Waals surface area contributed by atoms with Gasteiger partial charge in [-0.05, 0) is 31.9 Å². The van der Waals surface area contributed by atoms with Crippen LogP contribution in [0.2, 0.25) is 5.15 Å². The molecular weight excluding hydrogens is 372 g/mol. The van der Waals surface area contributed by atoms with Crippen LogP contribution in [-0.4, -0.2) is 53.4 Å². The zero-order valence-corrected chi connectivity index (χ0v) is 17.2. The highest BCUT2D eigenvalue weighted by atomic mass is 35.5. The summed E-state index contributed by atoms with van der Waals surface area (Å²) < 4.78 is 29.7. The molecule has 2 heterocycles. The number of halogens is 1. The van der Waals surface area contributed by atoms with Crippen molar-refractivity contribution in [2.45, 2.75) is 32.2 Å². The molecule has 1 aromatic heterocycles. The summed E-state index contributed by atoms with van der Waals surface area (Å²) in [5.41, 5.74) is 2.71. The maximum Gasteiger partial charge on any atom is 0.243 e. The van der Waals surface area contributed by atoms with Crippen LogP contribution in [0.5, 0.6) is 0 Å². The van der Waals surface area contributed by atoms with Crippen molar-refractivity contribution in [2.24, 2.45) is 7.05 Å². The van der Waals surface area contributed by atoms with E-state index in [1.54, 1.807) is 10.5 Å². The molecule has 0 spiro atoms. The van der Waals surface area contributed by atoms with E-state index in [9.17, 15) is 8.42 Å². The molecule has 0 N–H and O–H groups in total. The number of hydrogen-bond acceptors (Lipinski definition) is 4. The molecule has 8 heteroatoms. The third kappa shape index (κ3) is 3.67. The Morgan fingerprint density at radius 2 is 1.65 bits per heavy atom. The zero-order chi connectivity index (χ0) is 19.1. The Balaban J connectivity index is 1.72. The first-order chi connectivity index (χ1) is 12.2. The molecule has 0 unspecified atom stereocenters. The summed E-state index contributed by atoms with van der Waals surface area (Å²) in [6.07, 6.45) is 1.64. The fraction of sp³-hybridized carbons (Fsp3) is 0.500. The summed E-state index contributed by atoms with van der Waals surface area (Å²) in [6, 6.07) is 3.86. The van der Waals surface area contributed by atoms with Gasteiger partial charge < -0.3 is 4.57 Å². The van der Waals surface area contributed by atoms with E-state index in [1.165, 1.54) is 0 Å². The summed E-state index contributed by atoms with van der Waals surface area (Å²) in [5.74, 6) is 0.886. The normalized spacial score (nSPS) is 17.0. The number of aromatic nitrogens is 2. The van der Waals surface area contributed by atoms with Crippen LogP contribution in [-0.2, 0) is 23.6 Å². The lowest BCUT2D eigenvalue weighted by molar-refractivity contribution is 0.177. The molecule has 0 bridgehead atoms. The molecule has 6 nitrogen and oxygen atoms in total. The van der Waals surface area contributed by atoms with Crippen molar-refractivity contribution in [1.82, 2.24) is 18.8 Å². The van der Waals surface area contributed by atoms with Gasteiger partial charge in [-0.15, -0.1) is 0 Å². The number of rotatable bonds is 4. The maximum absolute atomic E-state index is 13.1. The van der Waals surface area contributed by atoms with E-state index in [1.807, 2.05) is 44.5 Å². The predicted molar refractivity (Wildman–Crippen MR) is 103 cm³/mol. The van der Waals surface area contributed by atoms with Gasteiger partial charge in [0, 0.05) is 33.2 Å². The van der Waals surface area contributed by atoms with Crippen LogP contribution in [0, 0.1) is 20.8 Å². The third-order valence-electron chi connectivity index (χ3n) is 4.93. The molecule has 0 radical (unpaired) electrons. The lowest BCUT2D eigenvalue weighted by Crippen LogP contribution is -2.48. The number of nitrogens with zero attached hydrogens (tertiary/aromatic N) is 4. The molecule has 1 aliphatic rings. The first kappa shape index (κ1) is 19.4. The van der Waals surface area contributed by atoms with Gasteiger partial charge in [-0.25, -0.2) is 13.4 Å². The minimum Gasteiger partial charge on any atom is -0.321 e. The van der Waals surface area contributed by atoms with Crippen LogP contribution >= 0.6 is 11.6 Å². The number of piperazine rings is 1. The third-order valence-corrected chi connectivity index (χ3v) is 7.48. The first-order valence-electron chi connectivity index (χ1n) is 8.66. The molecule has 0 aliphatic carbocycles. The largest absolute Gasteiger partial charge is 0.321 e. The number of imidazole rings is 1. The second kappa shape index (κ2) is 7.31. The molecule has 0 saturated carbocycles. The topological polar surface area (TPSA) is 58.4 Å². The van der Waals surface area contributed by atoms with Gasteiger partial charge in [0.1, 0.15) is 11.0 Å². The van der Waals surface area contributed by atoms with Gasteiger partial charge >= 0.3 is 0 Å². The van der Waals surface area contributed by atoms with Gasteiger partial charge in [0.25, 0.3) is 0 Å². The van der Waals surface area contributed by atoms with Crippen molar-refractivity contribution >= 4 is 21.6 Å². The highest BCUT2D eigenvalue weighted by molar-refractivity contribution is 7.89. The fourth-order valence-corrected chi connectivity index (χ4v) is 5.58. The van der Waals surface area contributed by atoms with Crippen molar-refractivity contribution in [3.63, 3.8) is 0 Å². The molecular formula is C18H25ClN4O2S. The van der Waals surface area contributed by atoms with Crippen molar-refractivity contribution in [3.8, 4) is 0 Å². The molecule has 26 heavy (non-hydrogen) atoms. The summed E-state index contributed by atoms with van der Waals surface area (Å²) in [6.45, 7) is 8.70. The van der Waals surface area contributed by atoms with Crippen LogP contribution in [0.15, 0.2) is 23.2 Å². The summed E-state index contributed by atoms with van der Waals surface area (Å²) >= 11 is 6.03. The Hall–Kier alpha value is -1.41. The molecule has 0 atom stereocenters. The highest BCUT2D eigenvalue weighted by Crippen LogP contribution is 2.26. The van der Waals surface area contributed by atoms with Crippen LogP contribution in [0.1, 0.15) is 22.5 Å². The summed E-state index contributed by atoms with van der Waals surface area (Å²) in [4.78, 5) is 6.97. The maximum atomic E-state index is 13.1. The van der Waals surface area contributed by atoms with Crippen LogP contribution in [0.3, 0.4) is 0 Å². The number of benzene rings is 1. The Morgan fingerprint density at radius 3 is 2.15 bits per heavy atom. The Bertz CT molecular complexity index is 892. The SMILES string of the molecule is Cc1cc(C)c(S(=O)(=O)N2CCN(Cc3ncc(Cl)n3C)CC2)c(C)c1. The van der Waals surface area contributed by atoms with Crippen molar-refractivity contribution < 1.29 is 8.42 Å². The van der Waals surface area contributed by atoms with Crippen LogP contribution in [0.4, 0.5) is 0 Å². The molecule has 1 aromatic carbocycles. The summed E-state index contributed by atoms with van der Waals surface area (Å²) in [5, 5.41) is 0.603. The highest BCUT2D eigenvalue weighted by Gasteiger charge is 2.31. The molecule has 142 valence electrons. The van der Waals surface area contributed by atoms with Gasteiger partial charge in [-0.2, -0.15) is 4.31 Å². The average molecular weight is 397 g/mol. The number of hydrogen-bond donors (Lipinski definition) is 0. The second-order valence-electron chi connectivity index (χ2n) is 6.96. The quantitative estimate of drug-likeness (QED) is 0.796.